The van der Waals surface area contributed by atoms with Crippen molar-refractivity contribution in [1.29, 1.82) is 0 Å². The van der Waals surface area contributed by atoms with E-state index in [2.05, 4.69) is 9.97 Å². The molecule has 1 aromatic rings. The second-order valence-electron chi connectivity index (χ2n) is 2.37. The van der Waals surface area contributed by atoms with Crippen LogP contribution in [0.4, 0.5) is 0 Å². The van der Waals surface area contributed by atoms with Gasteiger partial charge in [0.15, 0.2) is 0 Å². The van der Waals surface area contributed by atoms with Gasteiger partial charge in [0.05, 0.1) is 18.4 Å². The summed E-state index contributed by atoms with van der Waals surface area (Å²) >= 11 is 0. The number of aromatic nitrogens is 2. The van der Waals surface area contributed by atoms with Crippen LogP contribution in [0.3, 0.4) is 0 Å². The van der Waals surface area contributed by atoms with E-state index in [0.717, 1.165) is 0 Å². The largest absolute Gasteiger partial charge is 0.481 e. The predicted molar refractivity (Wildman–Crippen MR) is 40.9 cm³/mol. The predicted octanol–water partition coefficient (Wildman–Crippen LogP) is -0.295. The van der Waals surface area contributed by atoms with Crippen LogP contribution in [0.2, 0.25) is 0 Å². The molecule has 0 bridgehead atoms. The summed E-state index contributed by atoms with van der Waals surface area (Å²) in [5.74, 6) is -0.990. The van der Waals surface area contributed by atoms with Crippen LogP contribution < -0.4 is 5.56 Å². The Labute approximate surface area is 68.1 Å². The molecule has 0 aliphatic carbocycles. The van der Waals surface area contributed by atoms with Gasteiger partial charge in [0.1, 0.15) is 0 Å². The highest BCUT2D eigenvalue weighted by Gasteiger charge is 2.06. The summed E-state index contributed by atoms with van der Waals surface area (Å²) in [6.07, 6.45) is 0.989. The monoisotopic (exact) mass is 168 g/mol. The fourth-order valence-electron chi connectivity index (χ4n) is 0.826. The van der Waals surface area contributed by atoms with Crippen molar-refractivity contribution in [2.24, 2.45) is 0 Å². The van der Waals surface area contributed by atoms with Gasteiger partial charge in [0.25, 0.3) is 5.56 Å². The second-order valence-corrected chi connectivity index (χ2v) is 2.37. The Hall–Kier alpha value is -1.65. The van der Waals surface area contributed by atoms with Crippen LogP contribution in [0.15, 0.2) is 11.1 Å². The van der Waals surface area contributed by atoms with E-state index in [1.54, 1.807) is 6.92 Å². The van der Waals surface area contributed by atoms with E-state index in [1.165, 1.54) is 6.33 Å². The SMILES string of the molecule is Cc1c(CC(=O)O)nc[nH]c1=O. The minimum atomic E-state index is -0.990. The fraction of sp³-hybridized carbons (Fsp3) is 0.286. The quantitative estimate of drug-likeness (QED) is 0.635. The van der Waals surface area contributed by atoms with Crippen LogP contribution in [0, 0.1) is 6.92 Å². The van der Waals surface area contributed by atoms with E-state index >= 15 is 0 Å². The van der Waals surface area contributed by atoms with E-state index < -0.39 is 5.97 Å². The molecule has 0 fully saturated rings. The van der Waals surface area contributed by atoms with E-state index in [9.17, 15) is 9.59 Å². The molecule has 64 valence electrons. The maximum Gasteiger partial charge on any atom is 0.309 e. The normalized spacial score (nSPS) is 9.75. The molecule has 0 amide bonds. The number of hydrogen-bond donors (Lipinski definition) is 2. The Morgan fingerprint density at radius 1 is 1.75 bits per heavy atom. The number of nitrogens with zero attached hydrogens (tertiary/aromatic N) is 1. The summed E-state index contributed by atoms with van der Waals surface area (Å²) in [5.41, 5.74) is 0.382. The Morgan fingerprint density at radius 3 is 3.00 bits per heavy atom. The lowest BCUT2D eigenvalue weighted by Gasteiger charge is -1.97. The molecule has 0 radical (unpaired) electrons. The van der Waals surface area contributed by atoms with Crippen LogP contribution in [-0.2, 0) is 11.2 Å². The molecule has 0 atom stereocenters. The molecule has 0 aromatic carbocycles. The van der Waals surface area contributed by atoms with Crippen molar-refractivity contribution in [2.75, 3.05) is 0 Å². The number of aliphatic carboxylic acids is 1. The molecule has 5 nitrogen and oxygen atoms in total. The Kier molecular flexibility index (Phi) is 2.23. The average molecular weight is 168 g/mol. The Bertz CT molecular complexity index is 356. The van der Waals surface area contributed by atoms with Gasteiger partial charge in [-0.2, -0.15) is 0 Å². The first-order valence-electron chi connectivity index (χ1n) is 3.36. The summed E-state index contributed by atoms with van der Waals surface area (Å²) in [5, 5.41) is 8.43. The maximum atomic E-state index is 10.9. The average Bonchev–Trinajstić information content (AvgIpc) is 1.98. The highest BCUT2D eigenvalue weighted by molar-refractivity contribution is 5.69. The van der Waals surface area contributed by atoms with Crippen molar-refractivity contribution in [3.63, 3.8) is 0 Å². The molecule has 0 spiro atoms. The van der Waals surface area contributed by atoms with Crippen molar-refractivity contribution in [2.45, 2.75) is 13.3 Å². The smallest absolute Gasteiger partial charge is 0.309 e. The van der Waals surface area contributed by atoms with E-state index in [0.29, 0.717) is 11.3 Å². The van der Waals surface area contributed by atoms with E-state index in [4.69, 9.17) is 5.11 Å². The number of H-pyrrole nitrogens is 1. The number of nitrogens with one attached hydrogen (secondary N) is 1. The number of carboxylic acid groups (broad SMARTS) is 1. The Morgan fingerprint density at radius 2 is 2.42 bits per heavy atom. The molecule has 0 saturated carbocycles. The van der Waals surface area contributed by atoms with Crippen molar-refractivity contribution in [3.8, 4) is 0 Å². The van der Waals surface area contributed by atoms with Crippen molar-refractivity contribution < 1.29 is 9.90 Å². The highest BCUT2D eigenvalue weighted by atomic mass is 16.4. The van der Waals surface area contributed by atoms with Crippen LogP contribution >= 0.6 is 0 Å². The molecular weight excluding hydrogens is 160 g/mol. The van der Waals surface area contributed by atoms with Crippen molar-refractivity contribution in [3.05, 3.63) is 27.9 Å². The molecular formula is C7H8N2O3. The van der Waals surface area contributed by atoms with Gasteiger partial charge in [0, 0.05) is 5.56 Å². The number of carboxylic acids is 1. The standard InChI is InChI=1S/C7H8N2O3/c1-4-5(2-6(10)11)8-3-9-7(4)12/h3H,2H2,1H3,(H,10,11)(H,8,9,12). The number of rotatable bonds is 2. The summed E-state index contributed by atoms with van der Waals surface area (Å²) < 4.78 is 0. The molecule has 0 aliphatic rings. The number of hydrogen-bond acceptors (Lipinski definition) is 3. The van der Waals surface area contributed by atoms with Gasteiger partial charge in [-0.25, -0.2) is 4.98 Å². The number of aromatic amines is 1. The fourth-order valence-corrected chi connectivity index (χ4v) is 0.826. The van der Waals surface area contributed by atoms with E-state index in [1.807, 2.05) is 0 Å². The molecule has 0 unspecified atom stereocenters. The van der Waals surface area contributed by atoms with Gasteiger partial charge in [-0.1, -0.05) is 0 Å². The first kappa shape index (κ1) is 8.45. The molecule has 5 heteroatoms. The van der Waals surface area contributed by atoms with Crippen LogP contribution in [0.25, 0.3) is 0 Å². The summed E-state index contributed by atoms with van der Waals surface area (Å²) in [6.45, 7) is 1.55. The summed E-state index contributed by atoms with van der Waals surface area (Å²) in [6, 6.07) is 0. The molecule has 12 heavy (non-hydrogen) atoms. The maximum absolute atomic E-state index is 10.9. The first-order valence-corrected chi connectivity index (χ1v) is 3.36. The van der Waals surface area contributed by atoms with E-state index in [-0.39, 0.29) is 12.0 Å². The molecule has 1 rings (SSSR count). The molecule has 2 N–H and O–H groups in total. The second kappa shape index (κ2) is 3.17. The first-order chi connectivity index (χ1) is 5.61. The lowest BCUT2D eigenvalue weighted by atomic mass is 10.2. The molecule has 0 saturated heterocycles. The molecule has 1 heterocycles. The number of carbonyl (C=O) groups is 1. The van der Waals surface area contributed by atoms with Crippen molar-refractivity contribution >= 4 is 5.97 Å². The zero-order chi connectivity index (χ0) is 9.14. The van der Waals surface area contributed by atoms with Gasteiger partial charge < -0.3 is 10.1 Å². The van der Waals surface area contributed by atoms with Gasteiger partial charge in [-0.05, 0) is 6.92 Å². The van der Waals surface area contributed by atoms with Gasteiger partial charge in [-0.15, -0.1) is 0 Å². The van der Waals surface area contributed by atoms with Gasteiger partial charge >= 0.3 is 5.97 Å². The van der Waals surface area contributed by atoms with Crippen molar-refractivity contribution in [1.82, 2.24) is 9.97 Å². The zero-order valence-electron chi connectivity index (χ0n) is 6.50. The zero-order valence-corrected chi connectivity index (χ0v) is 6.50. The van der Waals surface area contributed by atoms with Gasteiger partial charge in [-0.3, -0.25) is 9.59 Å². The third kappa shape index (κ3) is 1.69. The summed E-state index contributed by atoms with van der Waals surface area (Å²) in [7, 11) is 0. The third-order valence-corrected chi connectivity index (χ3v) is 1.51. The lowest BCUT2D eigenvalue weighted by molar-refractivity contribution is -0.136. The lowest BCUT2D eigenvalue weighted by Crippen LogP contribution is -2.15. The van der Waals surface area contributed by atoms with Crippen LogP contribution in [-0.4, -0.2) is 21.0 Å². The third-order valence-electron chi connectivity index (χ3n) is 1.51. The Balaban J connectivity index is 3.08. The van der Waals surface area contributed by atoms with Gasteiger partial charge in [0.2, 0.25) is 0 Å². The minimum absolute atomic E-state index is 0.213. The highest BCUT2D eigenvalue weighted by Crippen LogP contribution is 1.96. The molecule has 0 aliphatic heterocycles. The van der Waals surface area contributed by atoms with Crippen LogP contribution in [0.1, 0.15) is 11.3 Å². The topological polar surface area (TPSA) is 83.0 Å². The minimum Gasteiger partial charge on any atom is -0.481 e. The summed E-state index contributed by atoms with van der Waals surface area (Å²) in [4.78, 5) is 27.3. The van der Waals surface area contributed by atoms with Crippen LogP contribution in [0.5, 0.6) is 0 Å². The molecule has 1 aromatic heterocycles.